The molecule has 0 radical (unpaired) electrons. The SMILES string of the molecule is [Cl][Zr]([Cl])[CH]1C(CC2CCCCCC2)=Cc2c(-c3ccc(C4CCCCC4)cc3)cccc21. The van der Waals surface area contributed by atoms with Gasteiger partial charge in [-0.2, -0.15) is 0 Å². The van der Waals surface area contributed by atoms with Crippen LogP contribution in [0.3, 0.4) is 0 Å². The summed E-state index contributed by atoms with van der Waals surface area (Å²) in [6, 6.07) is 16.3. The van der Waals surface area contributed by atoms with Crippen molar-refractivity contribution in [1.82, 2.24) is 0 Å². The van der Waals surface area contributed by atoms with Crippen molar-refractivity contribution in [1.29, 1.82) is 0 Å². The minimum absolute atomic E-state index is 0.334. The molecule has 0 nitrogen and oxygen atoms in total. The molecule has 0 aromatic heterocycles. The van der Waals surface area contributed by atoms with Gasteiger partial charge in [0.15, 0.2) is 0 Å². The number of hydrogen-bond donors (Lipinski definition) is 0. The van der Waals surface area contributed by atoms with Crippen molar-refractivity contribution in [3.8, 4) is 11.1 Å². The van der Waals surface area contributed by atoms with Crippen LogP contribution < -0.4 is 0 Å². The first kappa shape index (κ1) is 23.4. The van der Waals surface area contributed by atoms with Crippen molar-refractivity contribution in [2.75, 3.05) is 0 Å². The van der Waals surface area contributed by atoms with Gasteiger partial charge in [0.2, 0.25) is 0 Å². The monoisotopic (exact) mass is 543 g/mol. The number of hydrogen-bond acceptors (Lipinski definition) is 0. The second kappa shape index (κ2) is 10.9. The summed E-state index contributed by atoms with van der Waals surface area (Å²) in [7, 11) is 13.6. The summed E-state index contributed by atoms with van der Waals surface area (Å²) >= 11 is -2.48. The van der Waals surface area contributed by atoms with Gasteiger partial charge in [0.05, 0.1) is 0 Å². The van der Waals surface area contributed by atoms with E-state index >= 15 is 0 Å². The average Bonchev–Trinajstić information content (AvgIpc) is 2.99. The van der Waals surface area contributed by atoms with Gasteiger partial charge in [-0.1, -0.05) is 0 Å². The van der Waals surface area contributed by atoms with E-state index in [0.29, 0.717) is 3.63 Å². The van der Waals surface area contributed by atoms with Gasteiger partial charge in [0.1, 0.15) is 0 Å². The van der Waals surface area contributed by atoms with Crippen molar-refractivity contribution < 1.29 is 19.4 Å². The van der Waals surface area contributed by atoms with E-state index < -0.39 is 19.4 Å². The number of allylic oxidation sites excluding steroid dienone is 1. The molecule has 0 aliphatic heterocycles. The summed E-state index contributed by atoms with van der Waals surface area (Å²) in [4.78, 5) is 0. The number of halogens is 2. The summed E-state index contributed by atoms with van der Waals surface area (Å²) in [5.74, 6) is 1.58. The summed E-state index contributed by atoms with van der Waals surface area (Å²) in [5.41, 5.74) is 8.56. The molecule has 0 bridgehead atoms. The molecule has 5 rings (SSSR count). The Labute approximate surface area is 209 Å². The van der Waals surface area contributed by atoms with Crippen LogP contribution in [-0.4, -0.2) is 0 Å². The molecule has 0 amide bonds. The van der Waals surface area contributed by atoms with E-state index in [0.717, 1.165) is 11.8 Å². The zero-order valence-corrected chi connectivity index (χ0v) is 23.1. The molecule has 0 heterocycles. The zero-order chi connectivity index (χ0) is 21.9. The minimum atomic E-state index is -2.48. The van der Waals surface area contributed by atoms with E-state index in [9.17, 15) is 0 Å². The third-order valence-corrected chi connectivity index (χ3v) is 13.5. The van der Waals surface area contributed by atoms with Crippen LogP contribution in [0.25, 0.3) is 17.2 Å². The zero-order valence-electron chi connectivity index (χ0n) is 19.1. The fourth-order valence-corrected chi connectivity index (χ4v) is 11.9. The predicted molar refractivity (Wildman–Crippen MR) is 136 cm³/mol. The molecule has 3 aliphatic rings. The molecule has 1 unspecified atom stereocenters. The molecule has 32 heavy (non-hydrogen) atoms. The van der Waals surface area contributed by atoms with E-state index in [1.807, 2.05) is 0 Å². The quantitative estimate of drug-likeness (QED) is 0.328. The Balaban J connectivity index is 1.43. The maximum absolute atomic E-state index is 6.78. The fourth-order valence-electron chi connectivity index (χ4n) is 6.42. The van der Waals surface area contributed by atoms with E-state index in [1.54, 1.807) is 0 Å². The van der Waals surface area contributed by atoms with Gasteiger partial charge in [0, 0.05) is 0 Å². The summed E-state index contributed by atoms with van der Waals surface area (Å²) < 4.78 is 0.334. The molecule has 3 heteroatoms. The molecule has 0 spiro atoms. The Morgan fingerprint density at radius 3 is 2.09 bits per heavy atom. The van der Waals surface area contributed by atoms with Crippen molar-refractivity contribution in [2.45, 2.75) is 86.6 Å². The van der Waals surface area contributed by atoms with Gasteiger partial charge in [-0.3, -0.25) is 0 Å². The van der Waals surface area contributed by atoms with Crippen LogP contribution in [0, 0.1) is 5.92 Å². The van der Waals surface area contributed by atoms with Crippen LogP contribution in [0.1, 0.15) is 103 Å². The maximum atomic E-state index is 6.78. The van der Waals surface area contributed by atoms with E-state index in [4.69, 9.17) is 17.0 Å². The van der Waals surface area contributed by atoms with Crippen molar-refractivity contribution >= 4 is 23.1 Å². The Morgan fingerprint density at radius 2 is 1.41 bits per heavy atom. The third kappa shape index (κ3) is 5.16. The van der Waals surface area contributed by atoms with Gasteiger partial charge in [-0.15, -0.1) is 0 Å². The molecule has 169 valence electrons. The first-order valence-electron chi connectivity index (χ1n) is 12.8. The van der Waals surface area contributed by atoms with Crippen LogP contribution in [-0.2, 0) is 19.4 Å². The van der Waals surface area contributed by atoms with Crippen LogP contribution in [0.2, 0.25) is 0 Å². The van der Waals surface area contributed by atoms with Crippen LogP contribution in [0.4, 0.5) is 0 Å². The Morgan fingerprint density at radius 1 is 0.750 bits per heavy atom. The topological polar surface area (TPSA) is 0 Å². The molecule has 2 aromatic rings. The molecular formula is C29H35Cl2Zr. The number of rotatable bonds is 5. The van der Waals surface area contributed by atoms with Crippen LogP contribution in [0.5, 0.6) is 0 Å². The van der Waals surface area contributed by atoms with Crippen molar-refractivity contribution in [3.63, 3.8) is 0 Å². The van der Waals surface area contributed by atoms with Gasteiger partial charge >= 0.3 is 211 Å². The molecule has 3 aliphatic carbocycles. The molecule has 0 saturated heterocycles. The number of fused-ring (bicyclic) bond motifs is 1. The Hall–Kier alpha value is -0.357. The van der Waals surface area contributed by atoms with Gasteiger partial charge < -0.3 is 0 Å². The standard InChI is InChI=1S/C29H35.2ClH.Zr/c1-2-5-10-22(9-4-1)19-23-20-27-13-8-14-28(29(27)21-23)26-17-15-25(16-18-26)24-11-6-3-7-12-24;;;/h8,13-18,20-22,24H,1-7,9-12,19H2;2*1H;/q;;;+2/p-2. The van der Waals surface area contributed by atoms with Crippen LogP contribution >= 0.6 is 17.0 Å². The molecular weight excluding hydrogens is 510 g/mol. The third-order valence-electron chi connectivity index (χ3n) is 8.17. The molecule has 2 fully saturated rings. The second-order valence-corrected chi connectivity index (χ2v) is 19.1. The van der Waals surface area contributed by atoms with Gasteiger partial charge in [-0.05, 0) is 0 Å². The molecule has 0 N–H and O–H groups in total. The van der Waals surface area contributed by atoms with Crippen LogP contribution in [0.15, 0.2) is 48.0 Å². The first-order chi connectivity index (χ1) is 15.7. The van der Waals surface area contributed by atoms with Crippen molar-refractivity contribution in [2.24, 2.45) is 5.92 Å². The molecule has 2 saturated carbocycles. The van der Waals surface area contributed by atoms with Gasteiger partial charge in [-0.25, -0.2) is 0 Å². The van der Waals surface area contributed by atoms with E-state index in [2.05, 4.69) is 48.5 Å². The Bertz CT molecular complexity index is 932. The van der Waals surface area contributed by atoms with E-state index in [-0.39, 0.29) is 0 Å². The predicted octanol–water partition coefficient (Wildman–Crippen LogP) is 10.1. The average molecular weight is 546 g/mol. The summed E-state index contributed by atoms with van der Waals surface area (Å²) in [6.45, 7) is 0. The molecule has 2 aromatic carbocycles. The van der Waals surface area contributed by atoms with Gasteiger partial charge in [0.25, 0.3) is 0 Å². The van der Waals surface area contributed by atoms with E-state index in [1.165, 1.54) is 110 Å². The summed E-state index contributed by atoms with van der Waals surface area (Å²) in [5, 5.41) is 0. The normalized spacial score (nSPS) is 22.3. The second-order valence-electron chi connectivity index (χ2n) is 10.3. The number of benzene rings is 2. The summed E-state index contributed by atoms with van der Waals surface area (Å²) in [6.07, 6.45) is 18.9. The Kier molecular flexibility index (Phi) is 7.99. The molecule has 1 atom stereocenters. The first-order valence-corrected chi connectivity index (χ1v) is 20.6. The fraction of sp³-hybridized carbons (Fsp3) is 0.517. The van der Waals surface area contributed by atoms with Crippen molar-refractivity contribution in [3.05, 3.63) is 64.7 Å².